The van der Waals surface area contributed by atoms with Crippen LogP contribution in [0.25, 0.3) is 0 Å². The average molecular weight is 391 g/mol. The molecular formula is C23H25N3O3. The summed E-state index contributed by atoms with van der Waals surface area (Å²) in [5.41, 5.74) is 2.60. The van der Waals surface area contributed by atoms with E-state index in [0.29, 0.717) is 16.8 Å². The summed E-state index contributed by atoms with van der Waals surface area (Å²) in [6, 6.07) is 14.4. The molecule has 2 aliphatic heterocycles. The molecule has 1 fully saturated rings. The molecular weight excluding hydrogens is 366 g/mol. The summed E-state index contributed by atoms with van der Waals surface area (Å²) >= 11 is 0. The summed E-state index contributed by atoms with van der Waals surface area (Å²) in [6.45, 7) is 3.29. The van der Waals surface area contributed by atoms with Crippen LogP contribution in [0, 0.1) is 0 Å². The first kappa shape index (κ1) is 19.3. The number of aryl methyl sites for hydroxylation is 1. The third-order valence-corrected chi connectivity index (χ3v) is 5.56. The molecule has 29 heavy (non-hydrogen) atoms. The zero-order valence-electron chi connectivity index (χ0n) is 16.4. The van der Waals surface area contributed by atoms with Gasteiger partial charge >= 0.3 is 0 Å². The fourth-order valence-electron chi connectivity index (χ4n) is 3.99. The minimum Gasteiger partial charge on any atom is -0.325 e. The molecule has 3 amide bonds. The van der Waals surface area contributed by atoms with E-state index in [1.165, 1.54) is 31.5 Å². The second kappa shape index (κ2) is 8.57. The number of carbonyl (C=O) groups excluding carboxylic acids is 3. The minimum absolute atomic E-state index is 0.288. The highest BCUT2D eigenvalue weighted by Gasteiger charge is 2.36. The molecule has 1 saturated heterocycles. The molecule has 2 heterocycles. The van der Waals surface area contributed by atoms with Crippen LogP contribution < -0.4 is 5.32 Å². The molecule has 0 aromatic heterocycles. The number of imide groups is 1. The number of nitrogens with one attached hydrogen (secondary N) is 1. The summed E-state index contributed by atoms with van der Waals surface area (Å²) in [5.74, 6) is -1.23. The first-order chi connectivity index (χ1) is 14.1. The monoisotopic (exact) mass is 391 g/mol. The van der Waals surface area contributed by atoms with Gasteiger partial charge in [-0.15, -0.1) is 0 Å². The van der Waals surface area contributed by atoms with Crippen LogP contribution >= 0.6 is 0 Å². The maximum Gasteiger partial charge on any atom is 0.262 e. The van der Waals surface area contributed by atoms with E-state index < -0.39 is 11.8 Å². The number of anilines is 1. The lowest BCUT2D eigenvalue weighted by Gasteiger charge is -2.15. The molecule has 0 aliphatic carbocycles. The van der Waals surface area contributed by atoms with E-state index in [1.807, 2.05) is 24.3 Å². The van der Waals surface area contributed by atoms with Gasteiger partial charge in [0.05, 0.1) is 11.1 Å². The van der Waals surface area contributed by atoms with Crippen molar-refractivity contribution in [1.82, 2.24) is 9.80 Å². The molecule has 0 spiro atoms. The van der Waals surface area contributed by atoms with Crippen LogP contribution in [-0.4, -0.2) is 53.7 Å². The van der Waals surface area contributed by atoms with Gasteiger partial charge in [0.1, 0.15) is 6.54 Å². The second-order valence-electron chi connectivity index (χ2n) is 7.64. The van der Waals surface area contributed by atoms with Crippen molar-refractivity contribution in [2.45, 2.75) is 25.7 Å². The van der Waals surface area contributed by atoms with Gasteiger partial charge in [-0.3, -0.25) is 19.3 Å². The fourth-order valence-corrected chi connectivity index (χ4v) is 3.99. The van der Waals surface area contributed by atoms with E-state index in [1.54, 1.807) is 24.3 Å². The second-order valence-corrected chi connectivity index (χ2v) is 7.64. The SMILES string of the molecule is O=C(CN1C(=O)c2ccccc2C1=O)Nc1ccc(CCCN2CCCC2)cc1. The number of nitrogens with zero attached hydrogens (tertiary/aromatic N) is 2. The van der Waals surface area contributed by atoms with Crippen LogP contribution in [0.1, 0.15) is 45.5 Å². The van der Waals surface area contributed by atoms with Crippen molar-refractivity contribution in [2.24, 2.45) is 0 Å². The van der Waals surface area contributed by atoms with E-state index in [2.05, 4.69) is 10.2 Å². The maximum atomic E-state index is 12.4. The number of rotatable bonds is 7. The number of hydrogen-bond acceptors (Lipinski definition) is 4. The van der Waals surface area contributed by atoms with Crippen molar-refractivity contribution in [3.8, 4) is 0 Å². The minimum atomic E-state index is -0.422. The van der Waals surface area contributed by atoms with E-state index >= 15 is 0 Å². The summed E-state index contributed by atoms with van der Waals surface area (Å²) in [6.07, 6.45) is 4.77. The summed E-state index contributed by atoms with van der Waals surface area (Å²) in [7, 11) is 0. The first-order valence-electron chi connectivity index (χ1n) is 10.2. The zero-order valence-corrected chi connectivity index (χ0v) is 16.4. The first-order valence-corrected chi connectivity index (χ1v) is 10.2. The maximum absolute atomic E-state index is 12.4. The quantitative estimate of drug-likeness (QED) is 0.737. The van der Waals surface area contributed by atoms with Gasteiger partial charge in [0.15, 0.2) is 0 Å². The van der Waals surface area contributed by atoms with Crippen LogP contribution in [0.15, 0.2) is 48.5 Å². The number of carbonyl (C=O) groups is 3. The van der Waals surface area contributed by atoms with Gasteiger partial charge in [0.25, 0.3) is 11.8 Å². The molecule has 4 rings (SSSR count). The number of hydrogen-bond donors (Lipinski definition) is 1. The standard InChI is InChI=1S/C23H25N3O3/c27-21(16-26-22(28)19-7-1-2-8-20(19)23(26)29)24-18-11-9-17(10-12-18)6-5-15-25-13-3-4-14-25/h1-2,7-12H,3-6,13-16H2,(H,24,27). The third-order valence-electron chi connectivity index (χ3n) is 5.56. The molecule has 0 radical (unpaired) electrons. The molecule has 0 saturated carbocycles. The number of likely N-dealkylation sites (tertiary alicyclic amines) is 1. The third kappa shape index (κ3) is 4.38. The van der Waals surface area contributed by atoms with Crippen molar-refractivity contribution in [2.75, 3.05) is 31.5 Å². The van der Waals surface area contributed by atoms with Crippen LogP contribution in [0.5, 0.6) is 0 Å². The van der Waals surface area contributed by atoms with E-state index in [-0.39, 0.29) is 12.5 Å². The summed E-state index contributed by atoms with van der Waals surface area (Å²) in [4.78, 5) is 40.6. The molecule has 2 aromatic rings. The Balaban J connectivity index is 1.27. The summed E-state index contributed by atoms with van der Waals surface area (Å²) < 4.78 is 0. The van der Waals surface area contributed by atoms with Crippen molar-refractivity contribution >= 4 is 23.4 Å². The Labute approximate surface area is 170 Å². The van der Waals surface area contributed by atoms with Crippen LogP contribution in [0.4, 0.5) is 5.69 Å². The van der Waals surface area contributed by atoms with Crippen LogP contribution in [0.3, 0.4) is 0 Å². The molecule has 0 bridgehead atoms. The lowest BCUT2D eigenvalue weighted by molar-refractivity contribution is -0.116. The van der Waals surface area contributed by atoms with Crippen molar-refractivity contribution < 1.29 is 14.4 Å². The molecule has 1 N–H and O–H groups in total. The largest absolute Gasteiger partial charge is 0.325 e. The predicted molar refractivity (Wildman–Crippen MR) is 111 cm³/mol. The van der Waals surface area contributed by atoms with E-state index in [4.69, 9.17) is 0 Å². The number of amides is 3. The molecule has 0 unspecified atom stereocenters. The highest BCUT2D eigenvalue weighted by Crippen LogP contribution is 2.22. The zero-order chi connectivity index (χ0) is 20.2. The van der Waals surface area contributed by atoms with Gasteiger partial charge in [-0.1, -0.05) is 24.3 Å². The Kier molecular flexibility index (Phi) is 5.71. The van der Waals surface area contributed by atoms with E-state index in [0.717, 1.165) is 24.3 Å². The molecule has 2 aliphatic rings. The van der Waals surface area contributed by atoms with Gasteiger partial charge in [-0.25, -0.2) is 0 Å². The molecule has 150 valence electrons. The molecule has 6 nitrogen and oxygen atoms in total. The van der Waals surface area contributed by atoms with Gasteiger partial charge in [0.2, 0.25) is 5.91 Å². The Bertz CT molecular complexity index is 882. The predicted octanol–water partition coefficient (Wildman–Crippen LogP) is 2.95. The van der Waals surface area contributed by atoms with Gasteiger partial charge in [-0.2, -0.15) is 0 Å². The van der Waals surface area contributed by atoms with Gasteiger partial charge in [-0.05, 0) is 75.1 Å². The number of fused-ring (bicyclic) bond motifs is 1. The van der Waals surface area contributed by atoms with Crippen molar-refractivity contribution in [1.29, 1.82) is 0 Å². The smallest absolute Gasteiger partial charge is 0.262 e. The van der Waals surface area contributed by atoms with Crippen molar-refractivity contribution in [3.63, 3.8) is 0 Å². The Morgan fingerprint density at radius 1 is 0.897 bits per heavy atom. The lowest BCUT2D eigenvalue weighted by Crippen LogP contribution is -2.37. The highest BCUT2D eigenvalue weighted by atomic mass is 16.2. The van der Waals surface area contributed by atoms with Crippen LogP contribution in [0.2, 0.25) is 0 Å². The molecule has 0 atom stereocenters. The van der Waals surface area contributed by atoms with E-state index in [9.17, 15) is 14.4 Å². The van der Waals surface area contributed by atoms with Gasteiger partial charge in [0, 0.05) is 5.69 Å². The normalized spacial score (nSPS) is 16.3. The number of benzene rings is 2. The topological polar surface area (TPSA) is 69.7 Å². The average Bonchev–Trinajstić information content (AvgIpc) is 3.33. The Morgan fingerprint density at radius 2 is 1.52 bits per heavy atom. The Hall–Kier alpha value is -2.99. The van der Waals surface area contributed by atoms with Crippen LogP contribution in [-0.2, 0) is 11.2 Å². The molecule has 2 aromatic carbocycles. The Morgan fingerprint density at radius 3 is 2.14 bits per heavy atom. The lowest BCUT2D eigenvalue weighted by atomic mass is 10.1. The highest BCUT2D eigenvalue weighted by molar-refractivity contribution is 6.22. The van der Waals surface area contributed by atoms with Crippen molar-refractivity contribution in [3.05, 3.63) is 65.2 Å². The summed E-state index contributed by atoms with van der Waals surface area (Å²) in [5, 5.41) is 2.77. The van der Waals surface area contributed by atoms with Gasteiger partial charge < -0.3 is 10.2 Å². The molecule has 6 heteroatoms. The fraction of sp³-hybridized carbons (Fsp3) is 0.348.